The van der Waals surface area contributed by atoms with Gasteiger partial charge in [0.15, 0.2) is 0 Å². The minimum absolute atomic E-state index is 0.249. The van der Waals surface area contributed by atoms with Gasteiger partial charge in [0.25, 0.3) is 0 Å². The van der Waals surface area contributed by atoms with E-state index in [-0.39, 0.29) is 12.1 Å². The van der Waals surface area contributed by atoms with Gasteiger partial charge in [-0.25, -0.2) is 0 Å². The van der Waals surface area contributed by atoms with Crippen LogP contribution in [-0.2, 0) is 9.47 Å². The van der Waals surface area contributed by atoms with Gasteiger partial charge in [-0.3, -0.25) is 0 Å². The lowest BCUT2D eigenvalue weighted by Gasteiger charge is -2.16. The summed E-state index contributed by atoms with van der Waals surface area (Å²) in [5.74, 6) is 0. The molecular formula is C10H21NO2. The number of ether oxygens (including phenoxy) is 2. The van der Waals surface area contributed by atoms with Crippen molar-refractivity contribution < 1.29 is 9.47 Å². The molecule has 2 unspecified atom stereocenters. The standard InChI is InChI=1S/C10H21NO2/c1-8(2)12-6-7-13-10-5-3-4-9(10)11/h8-10H,3-7,11H2,1-2H3. The highest BCUT2D eigenvalue weighted by Gasteiger charge is 2.23. The summed E-state index contributed by atoms with van der Waals surface area (Å²) < 4.78 is 11.0. The van der Waals surface area contributed by atoms with Crippen LogP contribution in [0.4, 0.5) is 0 Å². The Morgan fingerprint density at radius 1 is 1.31 bits per heavy atom. The predicted molar refractivity (Wildman–Crippen MR) is 52.7 cm³/mol. The molecule has 13 heavy (non-hydrogen) atoms. The largest absolute Gasteiger partial charge is 0.376 e. The quantitative estimate of drug-likeness (QED) is 0.660. The first-order chi connectivity index (χ1) is 6.20. The third-order valence-corrected chi connectivity index (χ3v) is 2.37. The minimum Gasteiger partial charge on any atom is -0.376 e. The smallest absolute Gasteiger partial charge is 0.0727 e. The predicted octanol–water partition coefficient (Wildman–Crippen LogP) is 1.31. The maximum atomic E-state index is 5.86. The van der Waals surface area contributed by atoms with Crippen molar-refractivity contribution in [3.63, 3.8) is 0 Å². The summed E-state index contributed by atoms with van der Waals surface area (Å²) in [6.45, 7) is 5.42. The Morgan fingerprint density at radius 3 is 2.62 bits per heavy atom. The monoisotopic (exact) mass is 187 g/mol. The van der Waals surface area contributed by atoms with E-state index in [1.54, 1.807) is 0 Å². The van der Waals surface area contributed by atoms with E-state index in [0.29, 0.717) is 19.3 Å². The molecule has 1 aliphatic rings. The third kappa shape index (κ3) is 4.07. The van der Waals surface area contributed by atoms with Gasteiger partial charge in [-0.1, -0.05) is 0 Å². The van der Waals surface area contributed by atoms with Gasteiger partial charge in [-0.15, -0.1) is 0 Å². The number of nitrogens with two attached hydrogens (primary N) is 1. The van der Waals surface area contributed by atoms with E-state index in [9.17, 15) is 0 Å². The van der Waals surface area contributed by atoms with E-state index in [1.807, 2.05) is 13.8 Å². The summed E-state index contributed by atoms with van der Waals surface area (Å²) in [6, 6.07) is 0.249. The molecule has 1 rings (SSSR count). The Kier molecular flexibility index (Phi) is 4.70. The van der Waals surface area contributed by atoms with Crippen molar-refractivity contribution in [2.24, 2.45) is 5.73 Å². The minimum atomic E-state index is 0.249. The van der Waals surface area contributed by atoms with Crippen LogP contribution >= 0.6 is 0 Å². The van der Waals surface area contributed by atoms with E-state index >= 15 is 0 Å². The van der Waals surface area contributed by atoms with Crippen LogP contribution in [0.2, 0.25) is 0 Å². The van der Waals surface area contributed by atoms with Crippen molar-refractivity contribution >= 4 is 0 Å². The first kappa shape index (κ1) is 11.0. The number of hydrogen-bond donors (Lipinski definition) is 1. The summed E-state index contributed by atoms with van der Waals surface area (Å²) >= 11 is 0. The van der Waals surface area contributed by atoms with Gasteiger partial charge in [0, 0.05) is 6.04 Å². The Morgan fingerprint density at radius 2 is 2.08 bits per heavy atom. The lowest BCUT2D eigenvalue weighted by Crippen LogP contribution is -2.32. The molecular weight excluding hydrogens is 166 g/mol. The van der Waals surface area contributed by atoms with Gasteiger partial charge in [0.05, 0.1) is 25.4 Å². The Bertz CT molecular complexity index is 139. The first-order valence-electron chi connectivity index (χ1n) is 5.19. The summed E-state index contributed by atoms with van der Waals surface area (Å²) in [6.07, 6.45) is 3.99. The molecule has 0 heterocycles. The summed E-state index contributed by atoms with van der Waals surface area (Å²) in [5, 5.41) is 0. The van der Waals surface area contributed by atoms with Gasteiger partial charge >= 0.3 is 0 Å². The summed E-state index contributed by atoms with van der Waals surface area (Å²) in [5.41, 5.74) is 5.86. The number of hydrogen-bond acceptors (Lipinski definition) is 3. The average molecular weight is 187 g/mol. The third-order valence-electron chi connectivity index (χ3n) is 2.37. The van der Waals surface area contributed by atoms with Gasteiger partial charge in [-0.2, -0.15) is 0 Å². The highest BCUT2D eigenvalue weighted by molar-refractivity contribution is 4.80. The van der Waals surface area contributed by atoms with E-state index < -0.39 is 0 Å². The Labute approximate surface area is 80.6 Å². The SMILES string of the molecule is CC(C)OCCOC1CCCC1N. The fraction of sp³-hybridized carbons (Fsp3) is 1.00. The summed E-state index contributed by atoms with van der Waals surface area (Å²) in [7, 11) is 0. The zero-order valence-corrected chi connectivity index (χ0v) is 8.66. The lowest BCUT2D eigenvalue weighted by molar-refractivity contribution is -0.0145. The van der Waals surface area contributed by atoms with Gasteiger partial charge in [-0.05, 0) is 33.1 Å². The molecule has 3 heteroatoms. The van der Waals surface area contributed by atoms with E-state index in [0.717, 1.165) is 12.8 Å². The van der Waals surface area contributed by atoms with Gasteiger partial charge < -0.3 is 15.2 Å². The highest BCUT2D eigenvalue weighted by atomic mass is 16.5. The molecule has 0 aromatic carbocycles. The molecule has 0 spiro atoms. The maximum absolute atomic E-state index is 5.86. The van der Waals surface area contributed by atoms with Crippen LogP contribution in [-0.4, -0.2) is 31.5 Å². The van der Waals surface area contributed by atoms with E-state index in [4.69, 9.17) is 15.2 Å². The van der Waals surface area contributed by atoms with Gasteiger partial charge in [0.1, 0.15) is 0 Å². The van der Waals surface area contributed by atoms with Crippen molar-refractivity contribution in [1.82, 2.24) is 0 Å². The van der Waals surface area contributed by atoms with Crippen molar-refractivity contribution in [2.45, 2.75) is 51.4 Å². The molecule has 2 N–H and O–H groups in total. The van der Waals surface area contributed by atoms with Crippen LogP contribution in [0, 0.1) is 0 Å². The van der Waals surface area contributed by atoms with Crippen molar-refractivity contribution in [3.8, 4) is 0 Å². The zero-order valence-electron chi connectivity index (χ0n) is 8.66. The molecule has 2 atom stereocenters. The van der Waals surface area contributed by atoms with Gasteiger partial charge in [0.2, 0.25) is 0 Å². The molecule has 1 fully saturated rings. The maximum Gasteiger partial charge on any atom is 0.0727 e. The topological polar surface area (TPSA) is 44.5 Å². The second-order valence-corrected chi connectivity index (χ2v) is 3.92. The molecule has 0 aromatic rings. The lowest BCUT2D eigenvalue weighted by atomic mass is 10.2. The van der Waals surface area contributed by atoms with Crippen LogP contribution < -0.4 is 5.73 Å². The normalized spacial score (nSPS) is 28.6. The van der Waals surface area contributed by atoms with Crippen molar-refractivity contribution in [2.75, 3.05) is 13.2 Å². The fourth-order valence-electron chi connectivity index (χ4n) is 1.64. The van der Waals surface area contributed by atoms with Crippen LogP contribution in [0.15, 0.2) is 0 Å². The first-order valence-corrected chi connectivity index (χ1v) is 5.19. The molecule has 3 nitrogen and oxygen atoms in total. The Balaban J connectivity index is 1.99. The van der Waals surface area contributed by atoms with E-state index in [1.165, 1.54) is 6.42 Å². The van der Waals surface area contributed by atoms with Crippen molar-refractivity contribution in [3.05, 3.63) is 0 Å². The molecule has 0 aliphatic heterocycles. The average Bonchev–Trinajstić information content (AvgIpc) is 2.45. The number of rotatable bonds is 5. The fourth-order valence-corrected chi connectivity index (χ4v) is 1.64. The molecule has 78 valence electrons. The van der Waals surface area contributed by atoms with Crippen LogP contribution in [0.25, 0.3) is 0 Å². The molecule has 0 aromatic heterocycles. The molecule has 0 bridgehead atoms. The second kappa shape index (κ2) is 5.58. The Hall–Kier alpha value is -0.120. The molecule has 1 aliphatic carbocycles. The second-order valence-electron chi connectivity index (χ2n) is 3.92. The zero-order chi connectivity index (χ0) is 9.68. The van der Waals surface area contributed by atoms with E-state index in [2.05, 4.69) is 0 Å². The molecule has 1 saturated carbocycles. The van der Waals surface area contributed by atoms with Crippen LogP contribution in [0.3, 0.4) is 0 Å². The highest BCUT2D eigenvalue weighted by Crippen LogP contribution is 2.19. The molecule has 0 amide bonds. The molecule has 0 saturated heterocycles. The van der Waals surface area contributed by atoms with Crippen LogP contribution in [0.1, 0.15) is 33.1 Å². The van der Waals surface area contributed by atoms with Crippen LogP contribution in [0.5, 0.6) is 0 Å². The molecule has 0 radical (unpaired) electrons. The van der Waals surface area contributed by atoms with Crippen molar-refractivity contribution in [1.29, 1.82) is 0 Å². The summed E-state index contributed by atoms with van der Waals surface area (Å²) in [4.78, 5) is 0.